The first-order valence-corrected chi connectivity index (χ1v) is 8.81. The van der Waals surface area contributed by atoms with Gasteiger partial charge in [0.25, 0.3) is 5.69 Å². The van der Waals surface area contributed by atoms with Crippen molar-refractivity contribution in [2.24, 2.45) is 17.8 Å². The second kappa shape index (κ2) is 5.82. The van der Waals surface area contributed by atoms with Crippen LogP contribution in [-0.2, 0) is 9.59 Å². The second-order valence-electron chi connectivity index (χ2n) is 7.88. The summed E-state index contributed by atoms with van der Waals surface area (Å²) >= 11 is 0. The molecule has 4 bridgehead atoms. The maximum Gasteiger partial charge on any atom is 0.313 e. The molecule has 4 saturated carbocycles. The van der Waals surface area contributed by atoms with E-state index in [4.69, 9.17) is 0 Å². The minimum absolute atomic E-state index is 0.0400. The van der Waals surface area contributed by atoms with E-state index in [-0.39, 0.29) is 16.9 Å². The standard InChI is InChI=1S/C18H21N3O4/c22-16(19-14-3-1-2-4-15(14)21(24)25)17(23)20-18-8-11-5-12(9-18)7-13(6-11)10-18/h1-4,11-13H,5-10H2,(H,19,22)(H,20,23). The predicted octanol–water partition coefficient (Wildman–Crippen LogP) is 2.62. The van der Waals surface area contributed by atoms with Crippen LogP contribution in [0.25, 0.3) is 0 Å². The number of nitro benzene ring substituents is 1. The Hall–Kier alpha value is -2.44. The van der Waals surface area contributed by atoms with Gasteiger partial charge in [-0.05, 0) is 62.3 Å². The Morgan fingerprint density at radius 1 is 1.00 bits per heavy atom. The van der Waals surface area contributed by atoms with Crippen molar-refractivity contribution in [1.82, 2.24) is 5.32 Å². The lowest BCUT2D eigenvalue weighted by atomic mass is 9.53. The molecule has 0 aliphatic heterocycles. The number of carbonyl (C=O) groups excluding carboxylic acids is 2. The average Bonchev–Trinajstić information content (AvgIpc) is 2.53. The number of benzene rings is 1. The molecule has 4 aliphatic rings. The highest BCUT2D eigenvalue weighted by atomic mass is 16.6. The minimum Gasteiger partial charge on any atom is -0.342 e. The van der Waals surface area contributed by atoms with E-state index in [0.717, 1.165) is 19.3 Å². The molecule has 1 aromatic carbocycles. The Kier molecular flexibility index (Phi) is 3.74. The predicted molar refractivity (Wildman–Crippen MR) is 90.8 cm³/mol. The van der Waals surface area contributed by atoms with Gasteiger partial charge in [-0.15, -0.1) is 0 Å². The number of para-hydroxylation sites is 2. The van der Waals surface area contributed by atoms with Crippen LogP contribution < -0.4 is 10.6 Å². The molecule has 132 valence electrons. The zero-order valence-electron chi connectivity index (χ0n) is 13.9. The monoisotopic (exact) mass is 343 g/mol. The molecular weight excluding hydrogens is 322 g/mol. The van der Waals surface area contributed by atoms with E-state index in [9.17, 15) is 19.7 Å². The summed E-state index contributed by atoms with van der Waals surface area (Å²) in [5, 5.41) is 16.4. The molecule has 7 nitrogen and oxygen atoms in total. The first-order valence-electron chi connectivity index (χ1n) is 8.81. The lowest BCUT2D eigenvalue weighted by molar-refractivity contribution is -0.383. The lowest BCUT2D eigenvalue weighted by Crippen LogP contribution is -2.61. The lowest BCUT2D eigenvalue weighted by Gasteiger charge is -2.56. The number of hydrogen-bond donors (Lipinski definition) is 2. The highest BCUT2D eigenvalue weighted by molar-refractivity contribution is 6.40. The summed E-state index contributed by atoms with van der Waals surface area (Å²) < 4.78 is 0. The molecule has 2 amide bonds. The van der Waals surface area contributed by atoms with Crippen LogP contribution in [-0.4, -0.2) is 22.3 Å². The summed E-state index contributed by atoms with van der Waals surface area (Å²) in [5.41, 5.74) is -0.442. The number of nitrogens with one attached hydrogen (secondary N) is 2. The molecule has 0 atom stereocenters. The third-order valence-electron chi connectivity index (χ3n) is 5.97. The van der Waals surface area contributed by atoms with E-state index >= 15 is 0 Å². The van der Waals surface area contributed by atoms with Gasteiger partial charge in [-0.1, -0.05) is 12.1 Å². The van der Waals surface area contributed by atoms with E-state index in [1.807, 2.05) is 0 Å². The van der Waals surface area contributed by atoms with Gasteiger partial charge in [-0.2, -0.15) is 0 Å². The largest absolute Gasteiger partial charge is 0.342 e. The fraction of sp³-hybridized carbons (Fsp3) is 0.556. The molecule has 0 spiro atoms. The van der Waals surface area contributed by atoms with Crippen LogP contribution in [0.2, 0.25) is 0 Å². The number of anilines is 1. The molecule has 4 fully saturated rings. The van der Waals surface area contributed by atoms with Gasteiger partial charge in [0.1, 0.15) is 5.69 Å². The van der Waals surface area contributed by atoms with Gasteiger partial charge < -0.3 is 10.6 Å². The van der Waals surface area contributed by atoms with E-state index in [0.29, 0.717) is 17.8 Å². The molecule has 5 rings (SSSR count). The first-order chi connectivity index (χ1) is 11.9. The van der Waals surface area contributed by atoms with Gasteiger partial charge in [0.2, 0.25) is 0 Å². The second-order valence-corrected chi connectivity index (χ2v) is 7.88. The van der Waals surface area contributed by atoms with Gasteiger partial charge >= 0.3 is 11.8 Å². The molecule has 25 heavy (non-hydrogen) atoms. The molecule has 0 heterocycles. The van der Waals surface area contributed by atoms with Crippen molar-refractivity contribution >= 4 is 23.2 Å². The van der Waals surface area contributed by atoms with Crippen LogP contribution in [0.1, 0.15) is 38.5 Å². The summed E-state index contributed by atoms with van der Waals surface area (Å²) in [5.74, 6) is 0.435. The van der Waals surface area contributed by atoms with E-state index in [1.165, 1.54) is 37.5 Å². The molecule has 2 N–H and O–H groups in total. The SMILES string of the molecule is O=C(Nc1ccccc1[N+](=O)[O-])C(=O)NC12CC3CC(CC(C3)C1)C2. The smallest absolute Gasteiger partial charge is 0.313 e. The number of carbonyl (C=O) groups is 2. The van der Waals surface area contributed by atoms with Gasteiger partial charge in [0, 0.05) is 11.6 Å². The Balaban J connectivity index is 1.45. The van der Waals surface area contributed by atoms with Crippen molar-refractivity contribution in [2.45, 2.75) is 44.1 Å². The number of hydrogen-bond acceptors (Lipinski definition) is 4. The Morgan fingerprint density at radius 2 is 1.56 bits per heavy atom. The van der Waals surface area contributed by atoms with Crippen molar-refractivity contribution in [3.8, 4) is 0 Å². The quantitative estimate of drug-likeness (QED) is 0.500. The molecule has 0 aromatic heterocycles. The van der Waals surface area contributed by atoms with Crippen LogP contribution in [0.4, 0.5) is 11.4 Å². The highest BCUT2D eigenvalue weighted by Gasteiger charge is 2.51. The number of nitrogens with zero attached hydrogens (tertiary/aromatic N) is 1. The molecule has 4 aliphatic carbocycles. The van der Waals surface area contributed by atoms with E-state index < -0.39 is 16.7 Å². The fourth-order valence-corrected chi connectivity index (χ4v) is 5.48. The van der Waals surface area contributed by atoms with Crippen molar-refractivity contribution in [2.75, 3.05) is 5.32 Å². The molecular formula is C18H21N3O4. The zero-order valence-corrected chi connectivity index (χ0v) is 13.9. The Labute approximate surface area is 145 Å². The summed E-state index contributed by atoms with van der Waals surface area (Å²) in [7, 11) is 0. The molecule has 0 radical (unpaired) electrons. The normalized spacial score (nSPS) is 32.2. The van der Waals surface area contributed by atoms with Crippen LogP contribution in [0, 0.1) is 27.9 Å². The summed E-state index contributed by atoms with van der Waals surface area (Å²) in [6.45, 7) is 0. The van der Waals surface area contributed by atoms with Gasteiger partial charge in [0.15, 0.2) is 0 Å². The van der Waals surface area contributed by atoms with Crippen LogP contribution in [0.15, 0.2) is 24.3 Å². The molecule has 7 heteroatoms. The average molecular weight is 343 g/mol. The minimum atomic E-state index is -0.843. The first kappa shape index (κ1) is 16.1. The highest BCUT2D eigenvalue weighted by Crippen LogP contribution is 2.55. The molecule has 1 aromatic rings. The van der Waals surface area contributed by atoms with E-state index in [2.05, 4.69) is 10.6 Å². The summed E-state index contributed by atoms with van der Waals surface area (Å²) in [6.07, 6.45) is 6.59. The van der Waals surface area contributed by atoms with Gasteiger partial charge in [-0.3, -0.25) is 19.7 Å². The third-order valence-corrected chi connectivity index (χ3v) is 5.97. The van der Waals surface area contributed by atoms with Crippen LogP contribution in [0.3, 0.4) is 0 Å². The van der Waals surface area contributed by atoms with Crippen molar-refractivity contribution in [3.63, 3.8) is 0 Å². The topological polar surface area (TPSA) is 101 Å². The van der Waals surface area contributed by atoms with Crippen LogP contribution in [0.5, 0.6) is 0 Å². The summed E-state index contributed by atoms with van der Waals surface area (Å²) in [6, 6.07) is 5.82. The number of amides is 2. The van der Waals surface area contributed by atoms with Crippen molar-refractivity contribution < 1.29 is 14.5 Å². The maximum atomic E-state index is 12.4. The maximum absolute atomic E-state index is 12.4. The van der Waals surface area contributed by atoms with E-state index in [1.54, 1.807) is 6.07 Å². The van der Waals surface area contributed by atoms with Crippen molar-refractivity contribution in [1.29, 1.82) is 0 Å². The Bertz CT molecular complexity index is 710. The van der Waals surface area contributed by atoms with Crippen molar-refractivity contribution in [3.05, 3.63) is 34.4 Å². The van der Waals surface area contributed by atoms with Gasteiger partial charge in [0.05, 0.1) is 4.92 Å². The van der Waals surface area contributed by atoms with Gasteiger partial charge in [-0.25, -0.2) is 0 Å². The third kappa shape index (κ3) is 2.99. The number of rotatable bonds is 3. The zero-order chi connectivity index (χ0) is 17.6. The summed E-state index contributed by atoms with van der Waals surface area (Å²) in [4.78, 5) is 35.1. The Morgan fingerprint density at radius 3 is 2.12 bits per heavy atom. The fourth-order valence-electron chi connectivity index (χ4n) is 5.48. The van der Waals surface area contributed by atoms with Crippen LogP contribution >= 0.6 is 0 Å². The molecule has 0 unspecified atom stereocenters. The molecule has 0 saturated heterocycles. The number of nitro groups is 1.